The van der Waals surface area contributed by atoms with E-state index in [0.29, 0.717) is 0 Å². The summed E-state index contributed by atoms with van der Waals surface area (Å²) in [7, 11) is 0. The Morgan fingerprint density at radius 2 is 1.32 bits per heavy atom. The van der Waals surface area contributed by atoms with Gasteiger partial charge in [-0.1, -0.05) is 78.9 Å². The number of rotatable bonds is 10. The van der Waals surface area contributed by atoms with E-state index >= 15 is 0 Å². The van der Waals surface area contributed by atoms with E-state index in [4.69, 9.17) is 10.5 Å². The van der Waals surface area contributed by atoms with E-state index in [0.717, 1.165) is 23.3 Å². The SMILES string of the molecule is NC(=O)[C@H](Cc1cccc(C(F)(F)F)c1)NC(=O)[C@H](Cc1ccccc1)NC(=O)OCc1ccccc1. The van der Waals surface area contributed by atoms with Crippen molar-refractivity contribution in [3.8, 4) is 0 Å². The lowest BCUT2D eigenvalue weighted by Gasteiger charge is -2.22. The number of halogens is 3. The van der Waals surface area contributed by atoms with Gasteiger partial charge < -0.3 is 21.1 Å². The lowest BCUT2D eigenvalue weighted by Crippen LogP contribution is -2.54. The Kier molecular flexibility index (Phi) is 9.26. The van der Waals surface area contributed by atoms with Crippen molar-refractivity contribution in [1.82, 2.24) is 10.6 Å². The van der Waals surface area contributed by atoms with E-state index in [2.05, 4.69) is 10.6 Å². The van der Waals surface area contributed by atoms with Crippen LogP contribution in [0.25, 0.3) is 0 Å². The predicted octanol–water partition coefficient (Wildman–Crippen LogP) is 3.76. The second-order valence-electron chi connectivity index (χ2n) is 8.31. The van der Waals surface area contributed by atoms with E-state index in [9.17, 15) is 27.6 Å². The summed E-state index contributed by atoms with van der Waals surface area (Å²) in [5, 5.41) is 4.96. The first-order valence-corrected chi connectivity index (χ1v) is 11.4. The van der Waals surface area contributed by atoms with E-state index in [1.165, 1.54) is 12.1 Å². The quantitative estimate of drug-likeness (QED) is 0.384. The van der Waals surface area contributed by atoms with Gasteiger partial charge in [-0.2, -0.15) is 13.2 Å². The molecule has 194 valence electrons. The Balaban J connectivity index is 1.72. The number of carbonyl (C=O) groups excluding carboxylic acids is 3. The van der Waals surface area contributed by atoms with Crippen molar-refractivity contribution in [3.05, 3.63) is 107 Å². The fourth-order valence-electron chi connectivity index (χ4n) is 3.57. The number of hydrogen-bond donors (Lipinski definition) is 3. The van der Waals surface area contributed by atoms with Crippen molar-refractivity contribution in [2.75, 3.05) is 0 Å². The molecular formula is C27H26F3N3O4. The molecule has 0 aliphatic carbocycles. The van der Waals surface area contributed by atoms with Crippen LogP contribution in [-0.2, 0) is 40.0 Å². The first-order valence-electron chi connectivity index (χ1n) is 11.4. The molecule has 0 radical (unpaired) electrons. The van der Waals surface area contributed by atoms with Gasteiger partial charge in [-0.3, -0.25) is 9.59 Å². The molecule has 0 aliphatic heterocycles. The van der Waals surface area contributed by atoms with Crippen LogP contribution in [0.1, 0.15) is 22.3 Å². The average molecular weight is 514 g/mol. The fraction of sp³-hybridized carbons (Fsp3) is 0.222. The second kappa shape index (κ2) is 12.6. The number of hydrogen-bond acceptors (Lipinski definition) is 4. The van der Waals surface area contributed by atoms with Gasteiger partial charge >= 0.3 is 12.3 Å². The molecule has 3 aromatic rings. The second-order valence-corrected chi connectivity index (χ2v) is 8.31. The molecule has 37 heavy (non-hydrogen) atoms. The molecule has 0 saturated carbocycles. The molecule has 0 fully saturated rings. The molecular weight excluding hydrogens is 487 g/mol. The van der Waals surface area contributed by atoms with Crippen molar-refractivity contribution in [2.24, 2.45) is 5.73 Å². The van der Waals surface area contributed by atoms with Crippen molar-refractivity contribution in [3.63, 3.8) is 0 Å². The number of ether oxygens (including phenoxy) is 1. The maximum absolute atomic E-state index is 13.1. The third-order valence-electron chi connectivity index (χ3n) is 5.46. The number of nitrogens with two attached hydrogens (primary N) is 1. The highest BCUT2D eigenvalue weighted by Crippen LogP contribution is 2.29. The van der Waals surface area contributed by atoms with Crippen LogP contribution in [0.15, 0.2) is 84.9 Å². The number of carbonyl (C=O) groups is 3. The van der Waals surface area contributed by atoms with E-state index in [1.807, 2.05) is 6.07 Å². The summed E-state index contributed by atoms with van der Waals surface area (Å²) in [5.41, 5.74) is 6.18. The zero-order valence-electron chi connectivity index (χ0n) is 19.7. The van der Waals surface area contributed by atoms with E-state index < -0.39 is 41.7 Å². The van der Waals surface area contributed by atoms with Gasteiger partial charge in [0, 0.05) is 12.8 Å². The summed E-state index contributed by atoms with van der Waals surface area (Å²) in [6.07, 6.45) is -5.61. The number of alkyl halides is 3. The summed E-state index contributed by atoms with van der Waals surface area (Å²) >= 11 is 0. The molecule has 4 N–H and O–H groups in total. The van der Waals surface area contributed by atoms with Crippen LogP contribution in [-0.4, -0.2) is 30.0 Å². The number of benzene rings is 3. The van der Waals surface area contributed by atoms with Gasteiger partial charge in [0.15, 0.2) is 0 Å². The topological polar surface area (TPSA) is 111 Å². The highest BCUT2D eigenvalue weighted by atomic mass is 19.4. The van der Waals surface area contributed by atoms with Crippen LogP contribution in [0.3, 0.4) is 0 Å². The van der Waals surface area contributed by atoms with Crippen LogP contribution in [0.2, 0.25) is 0 Å². The summed E-state index contributed by atoms with van der Waals surface area (Å²) < 4.78 is 44.4. The Labute approximate surface area is 211 Å². The molecule has 0 spiro atoms. The lowest BCUT2D eigenvalue weighted by atomic mass is 10.0. The fourth-order valence-corrected chi connectivity index (χ4v) is 3.57. The van der Waals surface area contributed by atoms with Crippen molar-refractivity contribution in [2.45, 2.75) is 37.7 Å². The summed E-state index contributed by atoms with van der Waals surface area (Å²) in [6, 6.07) is 19.7. The van der Waals surface area contributed by atoms with Gasteiger partial charge in [-0.15, -0.1) is 0 Å². The smallest absolute Gasteiger partial charge is 0.416 e. The summed E-state index contributed by atoms with van der Waals surface area (Å²) in [4.78, 5) is 37.6. The third kappa shape index (κ3) is 8.68. The molecule has 0 aromatic heterocycles. The molecule has 0 unspecified atom stereocenters. The molecule has 3 amide bonds. The molecule has 0 heterocycles. The first-order chi connectivity index (χ1) is 17.6. The van der Waals surface area contributed by atoms with Gasteiger partial charge in [0.1, 0.15) is 18.7 Å². The predicted molar refractivity (Wildman–Crippen MR) is 130 cm³/mol. The van der Waals surface area contributed by atoms with Crippen LogP contribution in [0.4, 0.5) is 18.0 Å². The minimum atomic E-state index is -4.56. The van der Waals surface area contributed by atoms with E-state index in [1.54, 1.807) is 54.6 Å². The Bertz CT molecular complexity index is 1200. The van der Waals surface area contributed by atoms with Gasteiger partial charge in [0.05, 0.1) is 5.56 Å². The molecule has 0 bridgehead atoms. The maximum atomic E-state index is 13.1. The molecule has 7 nitrogen and oxygen atoms in total. The monoisotopic (exact) mass is 513 g/mol. The van der Waals surface area contributed by atoms with Crippen LogP contribution in [0, 0.1) is 0 Å². The first kappa shape index (κ1) is 27.3. The van der Waals surface area contributed by atoms with Crippen molar-refractivity contribution >= 4 is 17.9 Å². The Morgan fingerprint density at radius 1 is 0.757 bits per heavy atom. The average Bonchev–Trinajstić information content (AvgIpc) is 2.87. The van der Waals surface area contributed by atoms with Crippen molar-refractivity contribution < 1.29 is 32.3 Å². The zero-order valence-corrected chi connectivity index (χ0v) is 19.7. The molecule has 2 atom stereocenters. The van der Waals surface area contributed by atoms with Crippen LogP contribution in [0.5, 0.6) is 0 Å². The van der Waals surface area contributed by atoms with Gasteiger partial charge in [-0.25, -0.2) is 4.79 Å². The maximum Gasteiger partial charge on any atom is 0.416 e. The van der Waals surface area contributed by atoms with Crippen LogP contribution >= 0.6 is 0 Å². The number of primary amides is 1. The lowest BCUT2D eigenvalue weighted by molar-refractivity contribution is -0.137. The molecule has 3 rings (SSSR count). The van der Waals surface area contributed by atoms with Gasteiger partial charge in [0.2, 0.25) is 11.8 Å². The van der Waals surface area contributed by atoms with Crippen molar-refractivity contribution in [1.29, 1.82) is 0 Å². The van der Waals surface area contributed by atoms with Gasteiger partial charge in [-0.05, 0) is 22.8 Å². The standard InChI is InChI=1S/C27H26F3N3O4/c28-27(29,30)21-13-7-12-20(14-21)16-22(24(31)34)32-25(35)23(15-18-8-3-1-4-9-18)33-26(36)37-17-19-10-5-2-6-11-19/h1-14,22-23H,15-17H2,(H2,31,34)(H,32,35)(H,33,36)/t22-,23-/m0/s1. The molecule has 10 heteroatoms. The number of alkyl carbamates (subject to hydrolysis) is 1. The molecule has 0 aliphatic rings. The summed E-state index contributed by atoms with van der Waals surface area (Å²) in [5.74, 6) is -1.67. The highest BCUT2D eigenvalue weighted by molar-refractivity contribution is 5.91. The summed E-state index contributed by atoms with van der Waals surface area (Å²) in [6.45, 7) is -0.0220. The van der Waals surface area contributed by atoms with Gasteiger partial charge in [0.25, 0.3) is 0 Å². The zero-order chi connectivity index (χ0) is 26.8. The minimum absolute atomic E-state index is 0.0220. The van der Waals surface area contributed by atoms with E-state index in [-0.39, 0.29) is 25.0 Å². The molecule has 0 saturated heterocycles. The Hall–Kier alpha value is -4.34. The van der Waals surface area contributed by atoms with Crippen LogP contribution < -0.4 is 16.4 Å². The normalized spacial score (nSPS) is 12.7. The largest absolute Gasteiger partial charge is 0.445 e. The number of nitrogens with one attached hydrogen (secondary N) is 2. The minimum Gasteiger partial charge on any atom is -0.445 e. The molecule has 3 aromatic carbocycles. The third-order valence-corrected chi connectivity index (χ3v) is 5.46. The highest BCUT2D eigenvalue weighted by Gasteiger charge is 2.31. The Morgan fingerprint density at radius 3 is 1.92 bits per heavy atom. The number of amides is 3.